The van der Waals surface area contributed by atoms with Gasteiger partial charge in [0.15, 0.2) is 16.7 Å². The molecule has 1 fully saturated rings. The van der Waals surface area contributed by atoms with Crippen molar-refractivity contribution >= 4 is 46.3 Å². The number of likely N-dealkylation sites (N-methyl/N-ethyl adjacent to an activating group) is 1. The van der Waals surface area contributed by atoms with Crippen molar-refractivity contribution in [1.82, 2.24) is 4.90 Å². The van der Waals surface area contributed by atoms with E-state index in [1.807, 2.05) is 0 Å². The molecule has 0 aromatic heterocycles. The number of thioether (sulfide) groups is 1. The summed E-state index contributed by atoms with van der Waals surface area (Å²) in [6.07, 6.45) is 1.34. The predicted molar refractivity (Wildman–Crippen MR) is 119 cm³/mol. The third-order valence-electron chi connectivity index (χ3n) is 4.41. The molecule has 2 aromatic carbocycles. The molecule has 1 aliphatic rings. The van der Waals surface area contributed by atoms with Crippen LogP contribution in [0.15, 0.2) is 46.3 Å². The normalized spacial score (nSPS) is 16.1. The number of carboxylic acid groups (broad SMARTS) is 1. The van der Waals surface area contributed by atoms with Crippen LogP contribution in [0.3, 0.4) is 0 Å². The zero-order valence-electron chi connectivity index (χ0n) is 17.1. The number of phenols is 1. The number of nitro groups is 1. The Kier molecular flexibility index (Phi) is 6.79. The fourth-order valence-corrected chi connectivity index (χ4v) is 3.98. The van der Waals surface area contributed by atoms with Crippen molar-refractivity contribution in [2.45, 2.75) is 13.8 Å². The standard InChI is InChI=1S/C21H19N3O7S/c1-3-23-19(26)17(32-21(23)22-14-7-5-6-12(8-14)20(27)28)10-13-9-15(24(29)30)11-16(18(13)25)31-4-2/h5-11,25H,3-4H2,1-2H3,(H,27,28). The number of rotatable bonds is 7. The highest BCUT2D eigenvalue weighted by atomic mass is 32.2. The summed E-state index contributed by atoms with van der Waals surface area (Å²) in [5, 5.41) is 31.2. The molecule has 1 saturated heterocycles. The average molecular weight is 457 g/mol. The van der Waals surface area contributed by atoms with E-state index in [4.69, 9.17) is 9.84 Å². The summed E-state index contributed by atoms with van der Waals surface area (Å²) in [4.78, 5) is 40.7. The molecule has 166 valence electrons. The topological polar surface area (TPSA) is 143 Å². The number of aliphatic imine (C=N–C) groups is 1. The number of nitro benzene ring substituents is 1. The molecule has 0 atom stereocenters. The molecule has 0 saturated carbocycles. The monoisotopic (exact) mass is 457 g/mol. The number of hydrogen-bond acceptors (Lipinski definition) is 8. The summed E-state index contributed by atoms with van der Waals surface area (Å²) in [7, 11) is 0. The van der Waals surface area contributed by atoms with E-state index in [2.05, 4.69) is 4.99 Å². The SMILES string of the molecule is CCOc1cc([N+](=O)[O-])cc(C=C2SC(=Nc3cccc(C(=O)O)c3)N(CC)C2=O)c1O. The molecule has 2 aromatic rings. The number of carbonyl (C=O) groups is 2. The molecular weight excluding hydrogens is 438 g/mol. The lowest BCUT2D eigenvalue weighted by molar-refractivity contribution is -0.385. The Balaban J connectivity index is 2.03. The summed E-state index contributed by atoms with van der Waals surface area (Å²) in [5.74, 6) is -1.87. The highest BCUT2D eigenvalue weighted by molar-refractivity contribution is 8.18. The second-order valence-electron chi connectivity index (χ2n) is 6.48. The number of ether oxygens (including phenoxy) is 1. The summed E-state index contributed by atoms with van der Waals surface area (Å²) in [6, 6.07) is 8.25. The molecule has 1 aliphatic heterocycles. The lowest BCUT2D eigenvalue weighted by atomic mass is 10.1. The van der Waals surface area contributed by atoms with Gasteiger partial charge in [-0.15, -0.1) is 0 Å². The van der Waals surface area contributed by atoms with Crippen molar-refractivity contribution in [3.8, 4) is 11.5 Å². The molecule has 0 spiro atoms. The van der Waals surface area contributed by atoms with Gasteiger partial charge >= 0.3 is 5.97 Å². The molecule has 10 nitrogen and oxygen atoms in total. The van der Waals surface area contributed by atoms with Gasteiger partial charge in [-0.25, -0.2) is 9.79 Å². The summed E-state index contributed by atoms with van der Waals surface area (Å²) >= 11 is 1.02. The minimum Gasteiger partial charge on any atom is -0.504 e. The van der Waals surface area contributed by atoms with E-state index in [9.17, 15) is 24.8 Å². The second kappa shape index (κ2) is 9.52. The van der Waals surface area contributed by atoms with Gasteiger partial charge < -0.3 is 14.9 Å². The number of benzene rings is 2. The van der Waals surface area contributed by atoms with Crippen LogP contribution >= 0.6 is 11.8 Å². The molecular formula is C21H19N3O7S. The first kappa shape index (κ1) is 22.8. The van der Waals surface area contributed by atoms with E-state index in [0.717, 1.165) is 23.9 Å². The maximum atomic E-state index is 12.9. The van der Waals surface area contributed by atoms with E-state index in [-0.39, 0.29) is 39.8 Å². The van der Waals surface area contributed by atoms with Crippen LogP contribution in [0.2, 0.25) is 0 Å². The number of aromatic carboxylic acids is 1. The van der Waals surface area contributed by atoms with Crippen molar-refractivity contribution in [2.24, 2.45) is 4.99 Å². The minimum absolute atomic E-state index is 0.0590. The Bertz CT molecular complexity index is 1160. The Morgan fingerprint density at radius 3 is 2.69 bits per heavy atom. The largest absolute Gasteiger partial charge is 0.504 e. The first-order valence-corrected chi connectivity index (χ1v) is 10.3. The van der Waals surface area contributed by atoms with Crippen molar-refractivity contribution in [1.29, 1.82) is 0 Å². The van der Waals surface area contributed by atoms with Gasteiger partial charge in [0.05, 0.1) is 33.8 Å². The van der Waals surface area contributed by atoms with Crippen molar-refractivity contribution in [3.05, 3.63) is 62.5 Å². The summed E-state index contributed by atoms with van der Waals surface area (Å²) in [6.45, 7) is 3.91. The lowest BCUT2D eigenvalue weighted by Gasteiger charge is -2.12. The van der Waals surface area contributed by atoms with E-state index in [0.29, 0.717) is 17.4 Å². The first-order valence-electron chi connectivity index (χ1n) is 9.52. The van der Waals surface area contributed by atoms with Gasteiger partial charge in [-0.05, 0) is 49.9 Å². The number of carbonyl (C=O) groups excluding carboxylic acids is 1. The van der Waals surface area contributed by atoms with E-state index in [1.165, 1.54) is 23.1 Å². The van der Waals surface area contributed by atoms with E-state index >= 15 is 0 Å². The van der Waals surface area contributed by atoms with E-state index in [1.54, 1.807) is 26.0 Å². The average Bonchev–Trinajstić information content (AvgIpc) is 3.04. The summed E-state index contributed by atoms with van der Waals surface area (Å²) in [5.41, 5.74) is 0.186. The highest BCUT2D eigenvalue weighted by Crippen LogP contribution is 2.39. The van der Waals surface area contributed by atoms with Crippen LogP contribution in [0, 0.1) is 10.1 Å². The third-order valence-corrected chi connectivity index (χ3v) is 5.42. The molecule has 0 bridgehead atoms. The molecule has 11 heteroatoms. The number of non-ortho nitro benzene ring substituents is 1. The number of nitrogens with zero attached hydrogens (tertiary/aromatic N) is 3. The molecule has 2 N–H and O–H groups in total. The van der Waals surface area contributed by atoms with Crippen LogP contribution < -0.4 is 4.74 Å². The van der Waals surface area contributed by atoms with Crippen LogP contribution in [0.1, 0.15) is 29.8 Å². The van der Waals surface area contributed by atoms with Gasteiger partial charge in [0.1, 0.15) is 0 Å². The second-order valence-corrected chi connectivity index (χ2v) is 7.49. The zero-order chi connectivity index (χ0) is 23.4. The molecule has 1 heterocycles. The molecule has 0 aliphatic carbocycles. The van der Waals surface area contributed by atoms with Crippen LogP contribution in [0.25, 0.3) is 6.08 Å². The number of amides is 1. The quantitative estimate of drug-likeness (QED) is 0.360. The summed E-state index contributed by atoms with van der Waals surface area (Å²) < 4.78 is 5.27. The minimum atomic E-state index is -1.10. The first-order chi connectivity index (χ1) is 15.2. The predicted octanol–water partition coefficient (Wildman–Crippen LogP) is 4.02. The maximum absolute atomic E-state index is 12.9. The van der Waals surface area contributed by atoms with E-state index < -0.39 is 16.8 Å². The smallest absolute Gasteiger partial charge is 0.335 e. The van der Waals surface area contributed by atoms with Crippen molar-refractivity contribution < 1.29 is 29.5 Å². The highest BCUT2D eigenvalue weighted by Gasteiger charge is 2.33. The van der Waals surface area contributed by atoms with Gasteiger partial charge in [0.25, 0.3) is 11.6 Å². The fraction of sp³-hybridized carbons (Fsp3) is 0.190. The third kappa shape index (κ3) is 4.72. The Morgan fingerprint density at radius 1 is 1.31 bits per heavy atom. The van der Waals surface area contributed by atoms with Gasteiger partial charge in [0.2, 0.25) is 0 Å². The number of carboxylic acids is 1. The number of aromatic hydroxyl groups is 1. The van der Waals surface area contributed by atoms with Crippen molar-refractivity contribution in [3.63, 3.8) is 0 Å². The van der Waals surface area contributed by atoms with Gasteiger partial charge in [-0.3, -0.25) is 19.8 Å². The molecule has 32 heavy (non-hydrogen) atoms. The zero-order valence-corrected chi connectivity index (χ0v) is 18.0. The van der Waals surface area contributed by atoms with Crippen LogP contribution in [-0.4, -0.2) is 50.2 Å². The number of phenolic OH excluding ortho intramolecular Hbond substituents is 1. The fourth-order valence-electron chi connectivity index (χ4n) is 2.93. The van der Waals surface area contributed by atoms with Crippen LogP contribution in [0.4, 0.5) is 11.4 Å². The Morgan fingerprint density at radius 2 is 2.06 bits per heavy atom. The van der Waals surface area contributed by atoms with Gasteiger partial charge in [-0.1, -0.05) is 6.07 Å². The number of amidine groups is 1. The maximum Gasteiger partial charge on any atom is 0.335 e. The van der Waals surface area contributed by atoms with Crippen LogP contribution in [0.5, 0.6) is 11.5 Å². The molecule has 0 radical (unpaired) electrons. The Hall–Kier alpha value is -3.86. The van der Waals surface area contributed by atoms with Crippen LogP contribution in [-0.2, 0) is 4.79 Å². The van der Waals surface area contributed by atoms with Gasteiger partial charge in [-0.2, -0.15) is 0 Å². The molecule has 1 amide bonds. The van der Waals surface area contributed by atoms with Gasteiger partial charge in [0, 0.05) is 18.2 Å². The number of hydrogen-bond donors (Lipinski definition) is 2. The Labute approximate surface area is 187 Å². The molecule has 3 rings (SSSR count). The molecule has 0 unspecified atom stereocenters. The lowest BCUT2D eigenvalue weighted by Crippen LogP contribution is -2.28. The van der Waals surface area contributed by atoms with Crippen molar-refractivity contribution in [2.75, 3.05) is 13.2 Å².